The van der Waals surface area contributed by atoms with Crippen molar-refractivity contribution in [2.45, 2.75) is 52.9 Å². The van der Waals surface area contributed by atoms with Crippen molar-refractivity contribution < 1.29 is 0 Å². The molecule has 0 aromatic heterocycles. The van der Waals surface area contributed by atoms with Gasteiger partial charge in [-0.15, -0.1) is 0 Å². The van der Waals surface area contributed by atoms with Crippen LogP contribution in [0.25, 0.3) is 0 Å². The molecule has 0 saturated carbocycles. The largest absolute Gasteiger partial charge is 0.0728 e. The van der Waals surface area contributed by atoms with Gasteiger partial charge in [0.1, 0.15) is 0 Å². The number of hydrogen-bond acceptors (Lipinski definition) is 0. The lowest BCUT2D eigenvalue weighted by Gasteiger charge is -2.19. The van der Waals surface area contributed by atoms with Gasteiger partial charge in [0.15, 0.2) is 0 Å². The van der Waals surface area contributed by atoms with Gasteiger partial charge in [0.05, 0.1) is 0 Å². The van der Waals surface area contributed by atoms with Crippen molar-refractivity contribution in [3.8, 4) is 0 Å². The minimum Gasteiger partial charge on any atom is -0.0728 e. The summed E-state index contributed by atoms with van der Waals surface area (Å²) in [4.78, 5) is 0. The van der Waals surface area contributed by atoms with Crippen LogP contribution in [0.4, 0.5) is 0 Å². The van der Waals surface area contributed by atoms with E-state index in [2.05, 4.69) is 53.5 Å². The van der Waals surface area contributed by atoms with E-state index in [0.717, 1.165) is 0 Å². The maximum absolute atomic E-state index is 2.31. The molecule has 12 heavy (non-hydrogen) atoms. The quantitative estimate of drug-likeness (QED) is 0.478. The topological polar surface area (TPSA) is 0 Å². The molecule has 1 heteroatoms. The molecule has 0 fully saturated rings. The van der Waals surface area contributed by atoms with Gasteiger partial charge in [0.2, 0.25) is 0 Å². The molecule has 0 heterocycles. The van der Waals surface area contributed by atoms with Crippen molar-refractivity contribution in [1.29, 1.82) is 0 Å². The summed E-state index contributed by atoms with van der Waals surface area (Å²) < 4.78 is 2.14. The zero-order valence-corrected chi connectivity index (χ0v) is 10.7. The van der Waals surface area contributed by atoms with Crippen molar-refractivity contribution in [3.63, 3.8) is 0 Å². The fourth-order valence-corrected chi connectivity index (χ4v) is 2.23. The molecule has 0 spiro atoms. The zero-order chi connectivity index (χ0) is 9.45. The maximum atomic E-state index is 2.31. The summed E-state index contributed by atoms with van der Waals surface area (Å²) in [5, 5.41) is 0. The van der Waals surface area contributed by atoms with Crippen molar-refractivity contribution in [2.75, 3.05) is 0 Å². The number of unbranched alkanes of at least 4 members (excludes halogenated alkanes) is 3. The SMILES string of the molecule is CCCCCCC(C)(C)/C=C/I. The lowest BCUT2D eigenvalue weighted by atomic mass is 9.87. The van der Waals surface area contributed by atoms with Gasteiger partial charge in [-0.25, -0.2) is 0 Å². The molecule has 72 valence electrons. The molecule has 0 bridgehead atoms. The zero-order valence-electron chi connectivity index (χ0n) is 8.57. The summed E-state index contributed by atoms with van der Waals surface area (Å²) in [6.07, 6.45) is 9.13. The van der Waals surface area contributed by atoms with Crippen LogP contribution in [-0.4, -0.2) is 0 Å². The second-order valence-corrected chi connectivity index (χ2v) is 4.81. The second-order valence-electron chi connectivity index (χ2n) is 4.09. The molecule has 0 atom stereocenters. The van der Waals surface area contributed by atoms with Gasteiger partial charge in [0.25, 0.3) is 0 Å². The highest BCUT2D eigenvalue weighted by atomic mass is 127. The molecule has 0 nitrogen and oxygen atoms in total. The Kier molecular flexibility index (Phi) is 7.20. The Morgan fingerprint density at radius 3 is 2.33 bits per heavy atom. The molecule has 0 rings (SSSR count). The minimum absolute atomic E-state index is 0.412. The molecule has 0 aromatic carbocycles. The first kappa shape index (κ1) is 12.5. The molecular formula is C11H21I. The van der Waals surface area contributed by atoms with E-state index in [0.29, 0.717) is 5.41 Å². The van der Waals surface area contributed by atoms with E-state index in [1.807, 2.05) is 0 Å². The number of allylic oxidation sites excluding steroid dienone is 1. The van der Waals surface area contributed by atoms with Crippen LogP contribution in [0.5, 0.6) is 0 Å². The van der Waals surface area contributed by atoms with Crippen LogP contribution >= 0.6 is 22.6 Å². The lowest BCUT2D eigenvalue weighted by Crippen LogP contribution is -2.06. The van der Waals surface area contributed by atoms with Gasteiger partial charge in [-0.3, -0.25) is 0 Å². The van der Waals surface area contributed by atoms with Crippen LogP contribution < -0.4 is 0 Å². The third-order valence-corrected chi connectivity index (χ3v) is 2.55. The number of halogens is 1. The maximum Gasteiger partial charge on any atom is -0.0167 e. The highest BCUT2D eigenvalue weighted by Crippen LogP contribution is 2.25. The lowest BCUT2D eigenvalue weighted by molar-refractivity contribution is 0.410. The second kappa shape index (κ2) is 6.93. The highest BCUT2D eigenvalue weighted by molar-refractivity contribution is 14.1. The van der Waals surface area contributed by atoms with Crippen molar-refractivity contribution >= 4 is 22.6 Å². The first-order valence-corrected chi connectivity index (χ1v) is 6.15. The van der Waals surface area contributed by atoms with E-state index in [9.17, 15) is 0 Å². The van der Waals surface area contributed by atoms with E-state index < -0.39 is 0 Å². The van der Waals surface area contributed by atoms with Crippen LogP contribution in [0.15, 0.2) is 10.2 Å². The molecule has 0 radical (unpaired) electrons. The smallest absolute Gasteiger partial charge is 0.0167 e. The molecule has 0 aliphatic carbocycles. The first-order valence-electron chi connectivity index (χ1n) is 4.90. The molecule has 0 amide bonds. The van der Waals surface area contributed by atoms with E-state index in [1.165, 1.54) is 32.1 Å². The van der Waals surface area contributed by atoms with Crippen molar-refractivity contribution in [3.05, 3.63) is 10.2 Å². The Morgan fingerprint density at radius 2 is 1.83 bits per heavy atom. The highest BCUT2D eigenvalue weighted by Gasteiger charge is 2.11. The Bertz CT molecular complexity index is 125. The van der Waals surface area contributed by atoms with E-state index in [1.54, 1.807) is 0 Å². The average molecular weight is 280 g/mol. The Hall–Kier alpha value is 0.470. The van der Waals surface area contributed by atoms with Crippen LogP contribution in [0.1, 0.15) is 52.9 Å². The van der Waals surface area contributed by atoms with Crippen LogP contribution in [-0.2, 0) is 0 Å². The predicted octanol–water partition coefficient (Wildman–Crippen LogP) is 4.93. The fraction of sp³-hybridized carbons (Fsp3) is 0.818. The molecule has 0 aliphatic heterocycles. The van der Waals surface area contributed by atoms with E-state index in [4.69, 9.17) is 0 Å². The van der Waals surface area contributed by atoms with Gasteiger partial charge in [-0.05, 0) is 15.9 Å². The van der Waals surface area contributed by atoms with Crippen molar-refractivity contribution in [1.82, 2.24) is 0 Å². The summed E-state index contributed by atoms with van der Waals surface area (Å²) in [5.74, 6) is 0. The van der Waals surface area contributed by atoms with Gasteiger partial charge >= 0.3 is 0 Å². The Balaban J connectivity index is 3.47. The summed E-state index contributed by atoms with van der Waals surface area (Å²) in [6.45, 7) is 6.89. The monoisotopic (exact) mass is 280 g/mol. The van der Waals surface area contributed by atoms with Gasteiger partial charge < -0.3 is 0 Å². The van der Waals surface area contributed by atoms with E-state index in [-0.39, 0.29) is 0 Å². The molecule has 0 unspecified atom stereocenters. The normalized spacial score (nSPS) is 12.7. The van der Waals surface area contributed by atoms with Crippen LogP contribution in [0.2, 0.25) is 0 Å². The van der Waals surface area contributed by atoms with Gasteiger partial charge in [-0.2, -0.15) is 0 Å². The summed E-state index contributed by atoms with van der Waals surface area (Å²) in [7, 11) is 0. The van der Waals surface area contributed by atoms with Crippen LogP contribution in [0.3, 0.4) is 0 Å². The number of rotatable bonds is 6. The third kappa shape index (κ3) is 7.14. The molecule has 0 aromatic rings. The fourth-order valence-electron chi connectivity index (χ4n) is 1.26. The standard InChI is InChI=1S/C11H21I/c1-4-5-6-7-8-11(2,3)9-10-12/h9-10H,4-8H2,1-3H3/b10-9+. The molecule has 0 aliphatic rings. The first-order chi connectivity index (χ1) is 5.62. The molecule has 0 saturated heterocycles. The number of hydrogen-bond donors (Lipinski definition) is 0. The average Bonchev–Trinajstić information content (AvgIpc) is 1.98. The summed E-state index contributed by atoms with van der Waals surface area (Å²) in [6, 6.07) is 0. The van der Waals surface area contributed by atoms with Crippen molar-refractivity contribution in [2.24, 2.45) is 5.41 Å². The Labute approximate surface area is 91.0 Å². The van der Waals surface area contributed by atoms with Gasteiger partial charge in [-0.1, -0.05) is 75.1 Å². The third-order valence-electron chi connectivity index (χ3n) is 2.19. The molecular weight excluding hydrogens is 259 g/mol. The Morgan fingerprint density at radius 1 is 1.17 bits per heavy atom. The summed E-state index contributed by atoms with van der Waals surface area (Å²) in [5.41, 5.74) is 0.412. The molecule has 0 N–H and O–H groups in total. The van der Waals surface area contributed by atoms with Crippen LogP contribution in [0, 0.1) is 5.41 Å². The summed E-state index contributed by atoms with van der Waals surface area (Å²) >= 11 is 2.30. The predicted molar refractivity (Wildman–Crippen MR) is 65.7 cm³/mol. The van der Waals surface area contributed by atoms with E-state index >= 15 is 0 Å². The van der Waals surface area contributed by atoms with Gasteiger partial charge in [0, 0.05) is 0 Å². The minimum atomic E-state index is 0.412.